The molecule has 0 unspecified atom stereocenters. The largest absolute Gasteiger partial charge is 0.493 e. The van der Waals surface area contributed by atoms with Crippen molar-refractivity contribution in [1.29, 1.82) is 0 Å². The number of anilines is 1. The second kappa shape index (κ2) is 9.00. The Morgan fingerprint density at radius 2 is 1.92 bits per heavy atom. The maximum absolute atomic E-state index is 12.2. The fourth-order valence-electron chi connectivity index (χ4n) is 2.18. The summed E-state index contributed by atoms with van der Waals surface area (Å²) in [5, 5.41) is 6.57. The predicted octanol–water partition coefficient (Wildman–Crippen LogP) is 3.19. The van der Waals surface area contributed by atoms with Crippen LogP contribution in [0.5, 0.6) is 11.5 Å². The molecule has 26 heavy (non-hydrogen) atoms. The zero-order chi connectivity index (χ0) is 19.1. The molecule has 2 aromatic rings. The topological polar surface area (TPSA) is 89.0 Å². The molecule has 0 radical (unpaired) electrons. The Labute approximate surface area is 159 Å². The van der Waals surface area contributed by atoms with Gasteiger partial charge in [0.05, 0.1) is 24.9 Å². The number of rotatable bonds is 6. The van der Waals surface area contributed by atoms with Crippen LogP contribution in [-0.2, 0) is 4.79 Å². The molecule has 0 bridgehead atoms. The average Bonchev–Trinajstić information content (AvgIpc) is 2.60. The van der Waals surface area contributed by atoms with Gasteiger partial charge in [-0.3, -0.25) is 9.59 Å². The number of amides is 2. The highest BCUT2D eigenvalue weighted by Gasteiger charge is 2.10. The van der Waals surface area contributed by atoms with Crippen molar-refractivity contribution in [2.45, 2.75) is 6.92 Å². The number of carbonyl (C=O) groups is 2. The first-order chi connectivity index (χ1) is 12.4. The van der Waals surface area contributed by atoms with Crippen LogP contribution in [0.3, 0.4) is 0 Å². The molecule has 2 amide bonds. The summed E-state index contributed by atoms with van der Waals surface area (Å²) in [6, 6.07) is 10.1. The van der Waals surface area contributed by atoms with Crippen molar-refractivity contribution in [2.75, 3.05) is 19.5 Å². The van der Waals surface area contributed by atoms with E-state index in [0.717, 1.165) is 0 Å². The summed E-state index contributed by atoms with van der Waals surface area (Å²) >= 11 is 3.40. The van der Waals surface area contributed by atoms with Gasteiger partial charge in [-0.2, -0.15) is 5.10 Å². The van der Waals surface area contributed by atoms with E-state index in [-0.39, 0.29) is 5.91 Å². The van der Waals surface area contributed by atoms with E-state index in [1.807, 2.05) is 0 Å². The van der Waals surface area contributed by atoms with Crippen molar-refractivity contribution in [1.82, 2.24) is 5.43 Å². The zero-order valence-corrected chi connectivity index (χ0v) is 16.1. The Morgan fingerprint density at radius 3 is 2.58 bits per heavy atom. The number of hydrogen-bond acceptors (Lipinski definition) is 5. The van der Waals surface area contributed by atoms with Gasteiger partial charge in [-0.1, -0.05) is 6.07 Å². The smallest absolute Gasteiger partial charge is 0.271 e. The molecule has 136 valence electrons. The van der Waals surface area contributed by atoms with E-state index < -0.39 is 5.91 Å². The first-order valence-corrected chi connectivity index (χ1v) is 8.36. The van der Waals surface area contributed by atoms with Gasteiger partial charge in [0.25, 0.3) is 5.91 Å². The number of ether oxygens (including phenoxy) is 2. The van der Waals surface area contributed by atoms with Crippen molar-refractivity contribution < 1.29 is 19.1 Å². The zero-order valence-electron chi connectivity index (χ0n) is 14.5. The number of carbonyl (C=O) groups excluding carboxylic acids is 2. The summed E-state index contributed by atoms with van der Waals surface area (Å²) in [7, 11) is 3.08. The number of hydrazone groups is 1. The average molecular weight is 420 g/mol. The summed E-state index contributed by atoms with van der Waals surface area (Å²) in [6.45, 7) is 1.40. The van der Waals surface area contributed by atoms with Gasteiger partial charge in [-0.05, 0) is 51.8 Å². The van der Waals surface area contributed by atoms with Crippen LogP contribution in [-0.4, -0.2) is 32.2 Å². The SMILES string of the molecule is COc1cc(/C=N\NC(=O)c2cccc(NC(C)=O)c2)cc(Br)c1OC. The van der Waals surface area contributed by atoms with Crippen LogP contribution >= 0.6 is 15.9 Å². The van der Waals surface area contributed by atoms with Crippen LogP contribution in [0.25, 0.3) is 0 Å². The van der Waals surface area contributed by atoms with Gasteiger partial charge < -0.3 is 14.8 Å². The minimum Gasteiger partial charge on any atom is -0.493 e. The van der Waals surface area contributed by atoms with E-state index in [2.05, 4.69) is 31.8 Å². The number of nitrogens with zero attached hydrogens (tertiary/aromatic N) is 1. The molecule has 0 aromatic heterocycles. The predicted molar refractivity (Wildman–Crippen MR) is 103 cm³/mol. The Balaban J connectivity index is 2.10. The molecule has 8 heteroatoms. The second-order valence-electron chi connectivity index (χ2n) is 5.20. The molecule has 2 aromatic carbocycles. The molecule has 0 heterocycles. The summed E-state index contributed by atoms with van der Waals surface area (Å²) in [5.41, 5.74) is 4.07. The number of benzene rings is 2. The minimum atomic E-state index is -0.395. The van der Waals surface area contributed by atoms with E-state index in [1.165, 1.54) is 20.2 Å². The molecule has 0 fully saturated rings. The molecule has 0 atom stereocenters. The molecule has 0 saturated carbocycles. The van der Waals surface area contributed by atoms with Crippen molar-refractivity contribution >= 4 is 39.6 Å². The molecule has 2 N–H and O–H groups in total. The highest BCUT2D eigenvalue weighted by molar-refractivity contribution is 9.10. The lowest BCUT2D eigenvalue weighted by molar-refractivity contribution is -0.114. The highest BCUT2D eigenvalue weighted by atomic mass is 79.9. The standard InChI is InChI=1S/C18H18BrN3O4/c1-11(23)21-14-6-4-5-13(9-14)18(24)22-20-10-12-7-15(19)17(26-3)16(8-12)25-2/h4-10H,1-3H3,(H,21,23)(H,22,24)/b20-10-. The van der Waals surface area contributed by atoms with Crippen molar-refractivity contribution in [2.24, 2.45) is 5.10 Å². The Morgan fingerprint density at radius 1 is 1.15 bits per heavy atom. The van der Waals surface area contributed by atoms with Gasteiger partial charge in [-0.15, -0.1) is 0 Å². The molecule has 0 aliphatic carbocycles. The lowest BCUT2D eigenvalue weighted by Gasteiger charge is -2.10. The third-order valence-electron chi connectivity index (χ3n) is 3.28. The van der Waals surface area contributed by atoms with Crippen LogP contribution in [0.4, 0.5) is 5.69 Å². The molecular weight excluding hydrogens is 402 g/mol. The Bertz CT molecular complexity index is 852. The van der Waals surface area contributed by atoms with Crippen LogP contribution in [0.2, 0.25) is 0 Å². The lowest BCUT2D eigenvalue weighted by Crippen LogP contribution is -2.18. The summed E-state index contributed by atoms with van der Waals surface area (Å²) in [4.78, 5) is 23.3. The third-order valence-corrected chi connectivity index (χ3v) is 3.87. The molecule has 0 spiro atoms. The first-order valence-electron chi connectivity index (χ1n) is 7.57. The molecule has 0 saturated heterocycles. The monoisotopic (exact) mass is 419 g/mol. The highest BCUT2D eigenvalue weighted by Crippen LogP contribution is 2.35. The Kier molecular flexibility index (Phi) is 6.74. The van der Waals surface area contributed by atoms with Crippen LogP contribution in [0, 0.1) is 0 Å². The summed E-state index contributed by atoms with van der Waals surface area (Å²) in [6.07, 6.45) is 1.49. The maximum atomic E-state index is 12.2. The fraction of sp³-hybridized carbons (Fsp3) is 0.167. The second-order valence-corrected chi connectivity index (χ2v) is 6.05. The number of halogens is 1. The van der Waals surface area contributed by atoms with Gasteiger partial charge >= 0.3 is 0 Å². The molecule has 0 aliphatic rings. The van der Waals surface area contributed by atoms with Gasteiger partial charge in [0, 0.05) is 18.2 Å². The van der Waals surface area contributed by atoms with Gasteiger partial charge in [0.2, 0.25) is 5.91 Å². The molecular formula is C18H18BrN3O4. The van der Waals surface area contributed by atoms with Crippen LogP contribution < -0.4 is 20.2 Å². The first kappa shape index (κ1) is 19.5. The van der Waals surface area contributed by atoms with Gasteiger partial charge in [-0.25, -0.2) is 5.43 Å². The van der Waals surface area contributed by atoms with E-state index in [0.29, 0.717) is 32.8 Å². The summed E-state index contributed by atoms with van der Waals surface area (Å²) in [5.74, 6) is 0.508. The fourth-order valence-corrected chi connectivity index (χ4v) is 2.81. The van der Waals surface area contributed by atoms with E-state index >= 15 is 0 Å². The number of hydrogen-bond donors (Lipinski definition) is 2. The third kappa shape index (κ3) is 5.06. The van der Waals surface area contributed by atoms with Gasteiger partial charge in [0.15, 0.2) is 11.5 Å². The van der Waals surface area contributed by atoms with Crippen molar-refractivity contribution in [3.8, 4) is 11.5 Å². The van der Waals surface area contributed by atoms with Gasteiger partial charge in [0.1, 0.15) is 0 Å². The van der Waals surface area contributed by atoms with E-state index in [9.17, 15) is 9.59 Å². The lowest BCUT2D eigenvalue weighted by atomic mass is 10.2. The minimum absolute atomic E-state index is 0.209. The summed E-state index contributed by atoms with van der Waals surface area (Å²) < 4.78 is 11.2. The van der Waals surface area contributed by atoms with Crippen LogP contribution in [0.1, 0.15) is 22.8 Å². The molecule has 0 aliphatic heterocycles. The quantitative estimate of drug-likeness (QED) is 0.555. The van der Waals surface area contributed by atoms with E-state index in [4.69, 9.17) is 9.47 Å². The van der Waals surface area contributed by atoms with Crippen LogP contribution in [0.15, 0.2) is 46.0 Å². The maximum Gasteiger partial charge on any atom is 0.271 e. The number of nitrogens with one attached hydrogen (secondary N) is 2. The van der Waals surface area contributed by atoms with E-state index in [1.54, 1.807) is 43.5 Å². The van der Waals surface area contributed by atoms with Crippen molar-refractivity contribution in [3.05, 3.63) is 52.0 Å². The molecule has 2 rings (SSSR count). The van der Waals surface area contributed by atoms with Crippen molar-refractivity contribution in [3.63, 3.8) is 0 Å². The molecule has 7 nitrogen and oxygen atoms in total. The Hall–Kier alpha value is -2.87. The normalized spacial score (nSPS) is 10.5. The number of methoxy groups -OCH3 is 2.